The van der Waals surface area contributed by atoms with Gasteiger partial charge in [0.15, 0.2) is 17.0 Å². The summed E-state index contributed by atoms with van der Waals surface area (Å²) in [5, 5.41) is 11.9. The summed E-state index contributed by atoms with van der Waals surface area (Å²) in [6, 6.07) is 0.762. The molecule has 0 radical (unpaired) electrons. The molecule has 0 amide bonds. The second-order valence-electron chi connectivity index (χ2n) is 5.52. The monoisotopic (exact) mass is 260 g/mol. The molecule has 2 aromatic rings. The summed E-state index contributed by atoms with van der Waals surface area (Å²) in [6.07, 6.45) is 7.82. The minimum Gasteiger partial charge on any atom is -0.366 e. The van der Waals surface area contributed by atoms with Crippen LogP contribution in [0.25, 0.3) is 11.2 Å². The number of rotatable bonds is 3. The highest BCUT2D eigenvalue weighted by molar-refractivity contribution is 5.81. The van der Waals surface area contributed by atoms with Crippen LogP contribution in [0.5, 0.6) is 0 Å². The first-order chi connectivity index (χ1) is 9.25. The van der Waals surface area contributed by atoms with Crippen molar-refractivity contribution in [2.24, 2.45) is 0 Å². The van der Waals surface area contributed by atoms with Crippen LogP contribution >= 0.6 is 0 Å². The fourth-order valence-electron chi connectivity index (χ4n) is 2.72. The molecule has 0 aliphatic heterocycles. The summed E-state index contributed by atoms with van der Waals surface area (Å²) in [6.45, 7) is 4.17. The second kappa shape index (κ2) is 5.11. The Bertz CT molecular complexity index is 555. The molecule has 0 atom stereocenters. The number of hydrogen-bond acceptors (Lipinski definition) is 5. The Balaban J connectivity index is 1.98. The van der Waals surface area contributed by atoms with Gasteiger partial charge in [-0.25, -0.2) is 14.6 Å². The first-order valence-electron chi connectivity index (χ1n) is 7.08. The van der Waals surface area contributed by atoms with E-state index in [-0.39, 0.29) is 0 Å². The molecule has 1 aliphatic rings. The zero-order valence-electron chi connectivity index (χ0n) is 11.5. The fraction of sp³-hybridized carbons (Fsp3) is 0.692. The van der Waals surface area contributed by atoms with Crippen molar-refractivity contribution in [1.29, 1.82) is 0 Å². The molecule has 0 saturated heterocycles. The summed E-state index contributed by atoms with van der Waals surface area (Å²) in [4.78, 5) is 8.64. The highest BCUT2D eigenvalue weighted by atomic mass is 15.5. The van der Waals surface area contributed by atoms with Crippen LogP contribution in [0.15, 0.2) is 6.33 Å². The highest BCUT2D eigenvalue weighted by Gasteiger charge is 2.21. The summed E-state index contributed by atoms with van der Waals surface area (Å²) in [7, 11) is 0. The van der Waals surface area contributed by atoms with Gasteiger partial charge >= 0.3 is 0 Å². The standard InChI is InChI=1S/C13H20N6/c1-9(2)16-12-11-13(15-8-14-12)19(18-17-11)10-6-4-3-5-7-10/h8-10H,3-7H2,1-2H3,(H,14,15,16). The van der Waals surface area contributed by atoms with E-state index in [1.165, 1.54) is 32.1 Å². The van der Waals surface area contributed by atoms with E-state index in [1.54, 1.807) is 6.33 Å². The number of aromatic nitrogens is 5. The molecule has 2 aromatic heterocycles. The minimum atomic E-state index is 0.318. The predicted molar refractivity (Wildman–Crippen MR) is 74.0 cm³/mol. The smallest absolute Gasteiger partial charge is 0.184 e. The van der Waals surface area contributed by atoms with E-state index in [1.807, 2.05) is 4.68 Å². The van der Waals surface area contributed by atoms with E-state index in [9.17, 15) is 0 Å². The molecule has 6 heteroatoms. The van der Waals surface area contributed by atoms with Gasteiger partial charge in [0.1, 0.15) is 6.33 Å². The SMILES string of the molecule is CC(C)Nc1ncnc2c1nnn2C1CCCCC1. The molecule has 0 spiro atoms. The third-order valence-electron chi connectivity index (χ3n) is 3.61. The van der Waals surface area contributed by atoms with Gasteiger partial charge in [-0.05, 0) is 26.7 Å². The largest absolute Gasteiger partial charge is 0.366 e. The molecule has 1 aliphatic carbocycles. The van der Waals surface area contributed by atoms with Crippen molar-refractivity contribution >= 4 is 17.0 Å². The number of fused-ring (bicyclic) bond motifs is 1. The molecule has 1 N–H and O–H groups in total. The molecular formula is C13H20N6. The zero-order chi connectivity index (χ0) is 13.2. The average Bonchev–Trinajstić information content (AvgIpc) is 2.84. The van der Waals surface area contributed by atoms with E-state index < -0.39 is 0 Å². The Morgan fingerprint density at radius 3 is 2.74 bits per heavy atom. The van der Waals surface area contributed by atoms with Gasteiger partial charge in [-0.3, -0.25) is 0 Å². The third kappa shape index (κ3) is 2.39. The van der Waals surface area contributed by atoms with Gasteiger partial charge in [-0.1, -0.05) is 24.5 Å². The van der Waals surface area contributed by atoms with Crippen LogP contribution in [-0.4, -0.2) is 31.0 Å². The van der Waals surface area contributed by atoms with Crippen LogP contribution in [0.2, 0.25) is 0 Å². The van der Waals surface area contributed by atoms with Gasteiger partial charge in [0, 0.05) is 6.04 Å². The molecule has 3 rings (SSSR count). The van der Waals surface area contributed by atoms with Crippen molar-refractivity contribution in [1.82, 2.24) is 25.0 Å². The Labute approximate surface area is 112 Å². The average molecular weight is 260 g/mol. The summed E-state index contributed by atoms with van der Waals surface area (Å²) in [5.74, 6) is 0.780. The third-order valence-corrected chi connectivity index (χ3v) is 3.61. The normalized spacial score (nSPS) is 17.2. The molecule has 0 bridgehead atoms. The van der Waals surface area contributed by atoms with Crippen molar-refractivity contribution in [2.45, 2.75) is 58.0 Å². The lowest BCUT2D eigenvalue weighted by molar-refractivity contribution is 0.330. The maximum atomic E-state index is 4.37. The minimum absolute atomic E-state index is 0.318. The van der Waals surface area contributed by atoms with Crippen LogP contribution in [0.1, 0.15) is 52.0 Å². The zero-order valence-corrected chi connectivity index (χ0v) is 11.5. The fourth-order valence-corrected chi connectivity index (χ4v) is 2.72. The topological polar surface area (TPSA) is 68.5 Å². The van der Waals surface area contributed by atoms with Crippen molar-refractivity contribution in [3.8, 4) is 0 Å². The van der Waals surface area contributed by atoms with Gasteiger partial charge in [-0.15, -0.1) is 5.10 Å². The van der Waals surface area contributed by atoms with Gasteiger partial charge in [0.2, 0.25) is 0 Å². The highest BCUT2D eigenvalue weighted by Crippen LogP contribution is 2.30. The Kier molecular flexibility index (Phi) is 3.31. The van der Waals surface area contributed by atoms with Gasteiger partial charge < -0.3 is 5.32 Å². The van der Waals surface area contributed by atoms with Crippen molar-refractivity contribution in [2.75, 3.05) is 5.32 Å². The van der Waals surface area contributed by atoms with E-state index in [4.69, 9.17) is 0 Å². The van der Waals surface area contributed by atoms with E-state index in [0.29, 0.717) is 12.1 Å². The Morgan fingerprint density at radius 2 is 2.00 bits per heavy atom. The number of nitrogens with zero attached hydrogens (tertiary/aromatic N) is 5. The summed E-state index contributed by atoms with van der Waals surface area (Å²) >= 11 is 0. The van der Waals surface area contributed by atoms with Crippen LogP contribution < -0.4 is 5.32 Å². The molecule has 0 unspecified atom stereocenters. The van der Waals surface area contributed by atoms with Gasteiger partial charge in [0.25, 0.3) is 0 Å². The molecule has 1 fully saturated rings. The molecular weight excluding hydrogens is 240 g/mol. The first kappa shape index (κ1) is 12.3. The summed E-state index contributed by atoms with van der Waals surface area (Å²) in [5.41, 5.74) is 1.63. The van der Waals surface area contributed by atoms with E-state index in [2.05, 4.69) is 39.4 Å². The lowest BCUT2D eigenvalue weighted by Gasteiger charge is -2.21. The van der Waals surface area contributed by atoms with Crippen molar-refractivity contribution < 1.29 is 0 Å². The predicted octanol–water partition coefficient (Wildman–Crippen LogP) is 2.55. The van der Waals surface area contributed by atoms with E-state index >= 15 is 0 Å². The second-order valence-corrected chi connectivity index (χ2v) is 5.52. The van der Waals surface area contributed by atoms with Gasteiger partial charge in [-0.2, -0.15) is 0 Å². The number of hydrogen-bond donors (Lipinski definition) is 1. The molecule has 6 nitrogen and oxygen atoms in total. The van der Waals surface area contributed by atoms with Crippen LogP contribution in [0, 0.1) is 0 Å². The number of anilines is 1. The quantitative estimate of drug-likeness (QED) is 0.918. The van der Waals surface area contributed by atoms with Crippen molar-refractivity contribution in [3.05, 3.63) is 6.33 Å². The van der Waals surface area contributed by atoms with Crippen LogP contribution in [0.4, 0.5) is 5.82 Å². The number of nitrogens with one attached hydrogen (secondary N) is 1. The first-order valence-corrected chi connectivity index (χ1v) is 7.08. The molecule has 2 heterocycles. The lowest BCUT2D eigenvalue weighted by Crippen LogP contribution is -2.15. The summed E-state index contributed by atoms with van der Waals surface area (Å²) < 4.78 is 1.99. The van der Waals surface area contributed by atoms with Gasteiger partial charge in [0.05, 0.1) is 6.04 Å². The maximum Gasteiger partial charge on any atom is 0.184 e. The molecule has 1 saturated carbocycles. The lowest BCUT2D eigenvalue weighted by atomic mass is 9.96. The van der Waals surface area contributed by atoms with Crippen molar-refractivity contribution in [3.63, 3.8) is 0 Å². The molecule has 0 aromatic carbocycles. The Hall–Kier alpha value is -1.72. The Morgan fingerprint density at radius 1 is 1.21 bits per heavy atom. The molecule has 19 heavy (non-hydrogen) atoms. The van der Waals surface area contributed by atoms with E-state index in [0.717, 1.165) is 17.0 Å². The maximum absolute atomic E-state index is 4.37. The van der Waals surface area contributed by atoms with Crippen LogP contribution in [0.3, 0.4) is 0 Å². The molecule has 102 valence electrons. The van der Waals surface area contributed by atoms with Crippen LogP contribution in [-0.2, 0) is 0 Å².